The quantitative estimate of drug-likeness (QED) is 0.430. The van der Waals surface area contributed by atoms with Gasteiger partial charge in [0.2, 0.25) is 3.79 Å². The van der Waals surface area contributed by atoms with Crippen molar-refractivity contribution in [2.24, 2.45) is 11.3 Å². The van der Waals surface area contributed by atoms with Crippen molar-refractivity contribution in [3.05, 3.63) is 24.3 Å². The number of halogens is 3. The summed E-state index contributed by atoms with van der Waals surface area (Å²) in [5.74, 6) is 0.436. The van der Waals surface area contributed by atoms with Gasteiger partial charge in [0.15, 0.2) is 0 Å². The van der Waals surface area contributed by atoms with Crippen LogP contribution in [0.5, 0.6) is 0 Å². The van der Waals surface area contributed by atoms with Gasteiger partial charge >= 0.3 is 0 Å². The minimum atomic E-state index is -1.26. The monoisotopic (exact) mass is 224 g/mol. The molecule has 0 unspecified atom stereocenters. The maximum Gasteiger partial charge on any atom is 0.202 e. The summed E-state index contributed by atoms with van der Waals surface area (Å²) in [6.07, 6.45) is 7.99. The second kappa shape index (κ2) is 3.25. The van der Waals surface area contributed by atoms with E-state index in [2.05, 4.69) is 6.92 Å². The smallest absolute Gasteiger partial charge is 0.0823 e. The summed E-state index contributed by atoms with van der Waals surface area (Å²) in [5, 5.41) is 0. The largest absolute Gasteiger partial charge is 0.202 e. The Hall–Kier alpha value is 0.350. The summed E-state index contributed by atoms with van der Waals surface area (Å²) >= 11 is 17.5. The van der Waals surface area contributed by atoms with Crippen LogP contribution in [-0.2, 0) is 0 Å². The fourth-order valence-corrected chi connectivity index (χ4v) is 1.39. The molecule has 0 atom stereocenters. The molecule has 0 N–H and O–H groups in total. The lowest BCUT2D eigenvalue weighted by atomic mass is 9.85. The Morgan fingerprint density at radius 3 is 1.92 bits per heavy atom. The van der Waals surface area contributed by atoms with Crippen LogP contribution in [0, 0.1) is 11.3 Å². The van der Waals surface area contributed by atoms with Crippen molar-refractivity contribution in [2.75, 3.05) is 0 Å². The molecule has 0 nitrogen and oxygen atoms in total. The average Bonchev–Trinajstić information content (AvgIpc) is 1.93. The van der Waals surface area contributed by atoms with Gasteiger partial charge in [-0.25, -0.2) is 0 Å². The lowest BCUT2D eigenvalue weighted by Crippen LogP contribution is -2.29. The van der Waals surface area contributed by atoms with E-state index in [0.717, 1.165) is 0 Å². The van der Waals surface area contributed by atoms with Gasteiger partial charge in [-0.3, -0.25) is 0 Å². The van der Waals surface area contributed by atoms with Crippen LogP contribution in [-0.4, -0.2) is 3.79 Å². The molecule has 0 saturated heterocycles. The minimum absolute atomic E-state index is 0.436. The zero-order valence-corrected chi connectivity index (χ0v) is 9.29. The van der Waals surface area contributed by atoms with E-state index in [9.17, 15) is 0 Å². The van der Waals surface area contributed by atoms with Crippen LogP contribution in [0.25, 0.3) is 0 Å². The van der Waals surface area contributed by atoms with E-state index >= 15 is 0 Å². The van der Waals surface area contributed by atoms with Crippen LogP contribution in [0.15, 0.2) is 24.3 Å². The molecule has 0 spiro atoms. The second-order valence-corrected chi connectivity index (χ2v) is 5.64. The van der Waals surface area contributed by atoms with E-state index in [0.29, 0.717) is 5.92 Å². The molecule has 0 aliphatic heterocycles. The van der Waals surface area contributed by atoms with E-state index in [1.807, 2.05) is 31.2 Å². The van der Waals surface area contributed by atoms with E-state index in [1.54, 1.807) is 0 Å². The first-order valence-electron chi connectivity index (χ1n) is 3.80. The van der Waals surface area contributed by atoms with Crippen molar-refractivity contribution in [1.82, 2.24) is 0 Å². The molecule has 0 bridgehead atoms. The molecule has 0 amide bonds. The van der Waals surface area contributed by atoms with Crippen molar-refractivity contribution in [1.29, 1.82) is 0 Å². The maximum absolute atomic E-state index is 5.83. The highest BCUT2D eigenvalue weighted by Crippen LogP contribution is 2.48. The van der Waals surface area contributed by atoms with E-state index in [1.165, 1.54) is 0 Å². The zero-order chi connectivity index (χ0) is 9.41. The van der Waals surface area contributed by atoms with Gasteiger partial charge in [0.25, 0.3) is 0 Å². The molecule has 0 fully saturated rings. The third-order valence-electron chi connectivity index (χ3n) is 2.10. The molecule has 0 aromatic rings. The van der Waals surface area contributed by atoms with E-state index < -0.39 is 9.21 Å². The summed E-state index contributed by atoms with van der Waals surface area (Å²) in [6, 6.07) is 0. The minimum Gasteiger partial charge on any atom is -0.0823 e. The normalized spacial score (nSPS) is 35.6. The third kappa shape index (κ3) is 1.99. The summed E-state index contributed by atoms with van der Waals surface area (Å²) in [4.78, 5) is 0. The molecule has 12 heavy (non-hydrogen) atoms. The fraction of sp³-hybridized carbons (Fsp3) is 0.556. The molecule has 0 saturated carbocycles. The molecule has 1 aliphatic carbocycles. The lowest BCUT2D eigenvalue weighted by Gasteiger charge is -2.32. The molecule has 1 rings (SSSR count). The molecular weight excluding hydrogens is 214 g/mol. The molecule has 0 aromatic carbocycles. The highest BCUT2D eigenvalue weighted by atomic mass is 35.6. The van der Waals surface area contributed by atoms with Crippen LogP contribution in [0.4, 0.5) is 0 Å². The third-order valence-corrected chi connectivity index (χ3v) is 3.32. The van der Waals surface area contributed by atoms with Gasteiger partial charge in [-0.2, -0.15) is 0 Å². The SMILES string of the molecule is CC1C=CC(C)(C(Cl)(Cl)Cl)C=C1. The molecule has 3 heteroatoms. The van der Waals surface area contributed by atoms with Crippen molar-refractivity contribution in [2.45, 2.75) is 17.6 Å². The first-order valence-corrected chi connectivity index (χ1v) is 4.94. The van der Waals surface area contributed by atoms with Crippen LogP contribution in [0.3, 0.4) is 0 Å². The first kappa shape index (κ1) is 10.4. The molecule has 68 valence electrons. The van der Waals surface area contributed by atoms with Crippen LogP contribution in [0.2, 0.25) is 0 Å². The Kier molecular flexibility index (Phi) is 2.82. The highest BCUT2D eigenvalue weighted by molar-refractivity contribution is 6.68. The standard InChI is InChI=1S/C9H11Cl3/c1-7-3-5-8(2,6-4-7)9(10,11)12/h3-7H,1-2H3. The molecule has 0 heterocycles. The summed E-state index contributed by atoms with van der Waals surface area (Å²) in [7, 11) is 0. The van der Waals surface area contributed by atoms with Gasteiger partial charge in [-0.05, 0) is 12.8 Å². The topological polar surface area (TPSA) is 0 Å². The summed E-state index contributed by atoms with van der Waals surface area (Å²) in [5.41, 5.74) is -0.468. The predicted octanol–water partition coefficient (Wildman–Crippen LogP) is 4.13. The Morgan fingerprint density at radius 2 is 1.58 bits per heavy atom. The highest BCUT2D eigenvalue weighted by Gasteiger charge is 2.41. The number of rotatable bonds is 0. The summed E-state index contributed by atoms with van der Waals surface area (Å²) < 4.78 is -1.26. The number of hydrogen-bond donors (Lipinski definition) is 0. The molecule has 0 radical (unpaired) electrons. The van der Waals surface area contributed by atoms with Gasteiger partial charge in [-0.15, -0.1) is 0 Å². The average molecular weight is 226 g/mol. The van der Waals surface area contributed by atoms with Gasteiger partial charge in [0.1, 0.15) is 0 Å². The van der Waals surface area contributed by atoms with Gasteiger partial charge < -0.3 is 0 Å². The maximum atomic E-state index is 5.83. The van der Waals surface area contributed by atoms with Gasteiger partial charge in [0.05, 0.1) is 5.41 Å². The van der Waals surface area contributed by atoms with Crippen LogP contribution in [0.1, 0.15) is 13.8 Å². The van der Waals surface area contributed by atoms with Gasteiger partial charge in [-0.1, -0.05) is 66.0 Å². The lowest BCUT2D eigenvalue weighted by molar-refractivity contribution is 0.547. The molecular formula is C9H11Cl3. The Bertz CT molecular complexity index is 208. The van der Waals surface area contributed by atoms with Crippen molar-refractivity contribution < 1.29 is 0 Å². The molecule has 0 aromatic heterocycles. The van der Waals surface area contributed by atoms with E-state index in [4.69, 9.17) is 34.8 Å². The van der Waals surface area contributed by atoms with Crippen LogP contribution < -0.4 is 0 Å². The predicted molar refractivity (Wildman–Crippen MR) is 55.8 cm³/mol. The Morgan fingerprint density at radius 1 is 1.17 bits per heavy atom. The fourth-order valence-electron chi connectivity index (χ4n) is 1.01. The van der Waals surface area contributed by atoms with Gasteiger partial charge in [0, 0.05) is 0 Å². The van der Waals surface area contributed by atoms with Crippen molar-refractivity contribution >= 4 is 34.8 Å². The van der Waals surface area contributed by atoms with E-state index in [-0.39, 0.29) is 0 Å². The van der Waals surface area contributed by atoms with Crippen LogP contribution >= 0.6 is 34.8 Å². The number of alkyl halides is 3. The molecule has 1 aliphatic rings. The first-order chi connectivity index (χ1) is 5.35. The second-order valence-electron chi connectivity index (χ2n) is 3.36. The summed E-state index contributed by atoms with van der Waals surface area (Å²) in [6.45, 7) is 3.99. The number of allylic oxidation sites excluding steroid dienone is 4. The Labute approximate surface area is 88.2 Å². The zero-order valence-electron chi connectivity index (χ0n) is 7.02. The Balaban J connectivity index is 2.89. The van der Waals surface area contributed by atoms with Crippen molar-refractivity contribution in [3.63, 3.8) is 0 Å². The number of hydrogen-bond acceptors (Lipinski definition) is 0. The van der Waals surface area contributed by atoms with Crippen molar-refractivity contribution in [3.8, 4) is 0 Å².